The highest BCUT2D eigenvalue weighted by atomic mass is 28.4. The zero-order valence-electron chi connectivity index (χ0n) is 5.56. The van der Waals surface area contributed by atoms with Gasteiger partial charge >= 0.3 is 8.56 Å². The highest BCUT2D eigenvalue weighted by Crippen LogP contribution is 2.35. The van der Waals surface area contributed by atoms with E-state index in [2.05, 4.69) is 0 Å². The van der Waals surface area contributed by atoms with E-state index >= 15 is 0 Å². The second-order valence-corrected chi connectivity index (χ2v) is 6.21. The van der Waals surface area contributed by atoms with Gasteiger partial charge in [-0.3, -0.25) is 0 Å². The molecule has 0 unspecified atom stereocenters. The third kappa shape index (κ3) is 0.932. The molecule has 9 heavy (non-hydrogen) atoms. The van der Waals surface area contributed by atoms with Crippen LogP contribution in [-0.4, -0.2) is 21.8 Å². The zero-order chi connectivity index (χ0) is 6.16. The summed E-state index contributed by atoms with van der Waals surface area (Å²) in [7, 11) is -1.43. The van der Waals surface area contributed by atoms with E-state index in [9.17, 15) is 0 Å². The fourth-order valence-electron chi connectivity index (χ4n) is 1.37. The van der Waals surface area contributed by atoms with E-state index in [0.717, 1.165) is 19.6 Å². The van der Waals surface area contributed by atoms with Crippen molar-refractivity contribution in [1.82, 2.24) is 0 Å². The van der Waals surface area contributed by atoms with Crippen LogP contribution in [0.4, 0.5) is 0 Å². The van der Waals surface area contributed by atoms with Gasteiger partial charge in [-0.25, -0.2) is 0 Å². The number of hydrogen-bond donors (Lipinski definition) is 0. The lowest BCUT2D eigenvalue weighted by molar-refractivity contribution is 0.0969. The van der Waals surface area contributed by atoms with Crippen LogP contribution in [0.1, 0.15) is 12.8 Å². The Hall–Kier alpha value is 0.137. The van der Waals surface area contributed by atoms with Crippen molar-refractivity contribution in [3.05, 3.63) is 0 Å². The summed E-state index contributed by atoms with van der Waals surface area (Å²) in [6.45, 7) is 1.93. The van der Waals surface area contributed by atoms with E-state index in [-0.39, 0.29) is 0 Å². The zero-order valence-corrected chi connectivity index (χ0v) is 6.56. The Morgan fingerprint density at radius 1 is 0.889 bits per heavy atom. The van der Waals surface area contributed by atoms with Gasteiger partial charge in [0.15, 0.2) is 0 Å². The van der Waals surface area contributed by atoms with Crippen LogP contribution >= 0.6 is 0 Å². The second-order valence-electron chi connectivity index (χ2n) is 2.81. The summed E-state index contributed by atoms with van der Waals surface area (Å²) in [6.07, 6.45) is 2.45. The largest absolute Gasteiger partial charge is 0.394 e. The molecule has 0 aromatic rings. The fraction of sp³-hybridized carbons (Fsp3) is 1.00. The van der Waals surface area contributed by atoms with Gasteiger partial charge in [0.1, 0.15) is 0 Å². The predicted octanol–water partition coefficient (Wildman–Crippen LogP) is 1.27. The number of rotatable bonds is 0. The van der Waals surface area contributed by atoms with E-state index in [0.29, 0.717) is 0 Å². The lowest BCUT2D eigenvalue weighted by Gasteiger charge is -2.40. The van der Waals surface area contributed by atoms with Crippen LogP contribution in [0.25, 0.3) is 0 Å². The molecule has 2 aliphatic rings. The Morgan fingerprint density at radius 2 is 1.56 bits per heavy atom. The molecule has 2 saturated heterocycles. The van der Waals surface area contributed by atoms with Crippen molar-refractivity contribution in [3.8, 4) is 0 Å². The third-order valence-electron chi connectivity index (χ3n) is 2.13. The van der Waals surface area contributed by atoms with Crippen LogP contribution in [0.3, 0.4) is 0 Å². The minimum Gasteiger partial charge on any atom is -0.394 e. The molecule has 52 valence electrons. The molecule has 0 radical (unpaired) electrons. The summed E-state index contributed by atoms with van der Waals surface area (Å²) in [4.78, 5) is 0. The van der Waals surface area contributed by atoms with E-state index in [4.69, 9.17) is 8.85 Å². The summed E-state index contributed by atoms with van der Waals surface area (Å²) in [6, 6.07) is 2.51. The standard InChI is InChI=1S/C6H12O2Si/c1-3-7-9(8-4-1)5-2-6-9/h1-6H2. The molecular formula is C6H12O2Si. The molecule has 0 aromatic heterocycles. The molecule has 2 aliphatic heterocycles. The Morgan fingerprint density at radius 3 is 1.89 bits per heavy atom. The first kappa shape index (κ1) is 5.89. The molecule has 2 nitrogen and oxygen atoms in total. The third-order valence-corrected chi connectivity index (χ3v) is 5.83. The molecular weight excluding hydrogens is 132 g/mol. The predicted molar refractivity (Wildman–Crippen MR) is 36.5 cm³/mol. The Kier molecular flexibility index (Phi) is 1.36. The van der Waals surface area contributed by atoms with Crippen molar-refractivity contribution >= 4 is 8.56 Å². The van der Waals surface area contributed by atoms with E-state index in [1.165, 1.54) is 18.5 Å². The Labute approximate surface area is 56.4 Å². The molecule has 3 heteroatoms. The van der Waals surface area contributed by atoms with Crippen molar-refractivity contribution in [3.63, 3.8) is 0 Å². The fourth-order valence-corrected chi connectivity index (χ4v) is 4.00. The maximum Gasteiger partial charge on any atom is 0.338 e. The topological polar surface area (TPSA) is 18.5 Å². The van der Waals surface area contributed by atoms with Crippen molar-refractivity contribution in [2.45, 2.75) is 24.9 Å². The first-order valence-electron chi connectivity index (χ1n) is 3.69. The monoisotopic (exact) mass is 144 g/mol. The lowest BCUT2D eigenvalue weighted by Crippen LogP contribution is -2.51. The summed E-state index contributed by atoms with van der Waals surface area (Å²) < 4.78 is 11.2. The highest BCUT2D eigenvalue weighted by molar-refractivity contribution is 6.70. The summed E-state index contributed by atoms with van der Waals surface area (Å²) in [5, 5.41) is 0. The molecule has 0 bridgehead atoms. The molecule has 1 spiro atoms. The van der Waals surface area contributed by atoms with Crippen molar-refractivity contribution in [2.24, 2.45) is 0 Å². The molecule has 0 amide bonds. The smallest absolute Gasteiger partial charge is 0.338 e. The molecule has 0 N–H and O–H groups in total. The molecule has 2 heterocycles. The molecule has 2 rings (SSSR count). The average Bonchev–Trinajstić information content (AvgIpc) is 1.87. The van der Waals surface area contributed by atoms with Crippen molar-refractivity contribution < 1.29 is 8.85 Å². The van der Waals surface area contributed by atoms with Gasteiger partial charge in [0.05, 0.1) is 0 Å². The van der Waals surface area contributed by atoms with Gasteiger partial charge in [-0.2, -0.15) is 0 Å². The molecule has 0 aromatic carbocycles. The van der Waals surface area contributed by atoms with Crippen molar-refractivity contribution in [1.29, 1.82) is 0 Å². The maximum absolute atomic E-state index is 5.62. The van der Waals surface area contributed by atoms with Gasteiger partial charge in [0.25, 0.3) is 0 Å². The average molecular weight is 144 g/mol. The van der Waals surface area contributed by atoms with Crippen LogP contribution < -0.4 is 0 Å². The van der Waals surface area contributed by atoms with Gasteiger partial charge in [0, 0.05) is 13.2 Å². The van der Waals surface area contributed by atoms with Gasteiger partial charge < -0.3 is 8.85 Å². The molecule has 0 saturated carbocycles. The summed E-state index contributed by atoms with van der Waals surface area (Å²) in [5.74, 6) is 0. The summed E-state index contributed by atoms with van der Waals surface area (Å²) in [5.41, 5.74) is 0. The SMILES string of the molecule is C1CO[Si]2(CCC2)OC1. The Balaban J connectivity index is 1.93. The van der Waals surface area contributed by atoms with E-state index in [1.807, 2.05) is 0 Å². The Bertz CT molecular complexity index is 104. The van der Waals surface area contributed by atoms with Gasteiger partial charge in [-0.05, 0) is 24.9 Å². The van der Waals surface area contributed by atoms with Gasteiger partial charge in [-0.15, -0.1) is 0 Å². The van der Waals surface area contributed by atoms with E-state index < -0.39 is 8.56 Å². The summed E-state index contributed by atoms with van der Waals surface area (Å²) >= 11 is 0. The highest BCUT2D eigenvalue weighted by Gasteiger charge is 2.45. The van der Waals surface area contributed by atoms with Crippen LogP contribution in [-0.2, 0) is 8.85 Å². The normalized spacial score (nSPS) is 32.0. The van der Waals surface area contributed by atoms with Crippen LogP contribution in [0.15, 0.2) is 0 Å². The molecule has 0 atom stereocenters. The first-order valence-corrected chi connectivity index (χ1v) is 5.92. The number of hydrogen-bond acceptors (Lipinski definition) is 2. The quantitative estimate of drug-likeness (QED) is 0.477. The second kappa shape index (κ2) is 2.07. The van der Waals surface area contributed by atoms with Gasteiger partial charge in [-0.1, -0.05) is 0 Å². The van der Waals surface area contributed by atoms with Crippen molar-refractivity contribution in [2.75, 3.05) is 13.2 Å². The lowest BCUT2D eigenvalue weighted by atomic mass is 10.5. The van der Waals surface area contributed by atoms with Crippen LogP contribution in [0, 0.1) is 0 Å². The molecule has 0 aliphatic carbocycles. The van der Waals surface area contributed by atoms with Gasteiger partial charge in [0.2, 0.25) is 0 Å². The first-order chi connectivity index (χ1) is 4.41. The van der Waals surface area contributed by atoms with E-state index in [1.54, 1.807) is 0 Å². The van der Waals surface area contributed by atoms with Crippen LogP contribution in [0.5, 0.6) is 0 Å². The van der Waals surface area contributed by atoms with Crippen LogP contribution in [0.2, 0.25) is 12.1 Å². The minimum absolute atomic E-state index is 0.965. The molecule has 2 fully saturated rings. The minimum atomic E-state index is -1.43. The maximum atomic E-state index is 5.62.